The smallest absolute Gasteiger partial charge is 0.221 e. The molecular weight excluding hydrogens is 294 g/mol. The molecule has 0 unspecified atom stereocenters. The second-order valence-electron chi connectivity index (χ2n) is 7.25. The Hall–Kier alpha value is -1.03. The van der Waals surface area contributed by atoms with Gasteiger partial charge in [-0.2, -0.15) is 0 Å². The highest BCUT2D eigenvalue weighted by Crippen LogP contribution is 2.61. The number of hydrogen-bond acceptors (Lipinski definition) is 3. The van der Waals surface area contributed by atoms with Crippen molar-refractivity contribution in [3.63, 3.8) is 0 Å². The van der Waals surface area contributed by atoms with E-state index in [0.717, 1.165) is 29.1 Å². The molecule has 0 heterocycles. The van der Waals surface area contributed by atoms with Crippen LogP contribution in [0.15, 0.2) is 23.3 Å². The van der Waals surface area contributed by atoms with Crippen LogP contribution in [0.25, 0.3) is 0 Å². The van der Waals surface area contributed by atoms with Crippen LogP contribution in [0.1, 0.15) is 51.9 Å². The van der Waals surface area contributed by atoms with Crippen LogP contribution in [-0.2, 0) is 9.59 Å². The monoisotopic (exact) mass is 319 g/mol. The Kier molecular flexibility index (Phi) is 4.76. The highest BCUT2D eigenvalue weighted by molar-refractivity contribution is 8.04. The van der Waals surface area contributed by atoms with Crippen molar-refractivity contribution in [3.8, 4) is 0 Å². The van der Waals surface area contributed by atoms with Crippen LogP contribution >= 0.6 is 11.8 Å². The standard InChI is InChI=1S/C18H25NO2S/c1-13(21)19-17(5-3-2-4-6-20)22-18-10-14-7-15(11-18)9-16(8-14)12-18/h2-3,5-6,14-16H,4,7-12H2,1H3,(H,19,21)/b3-2+,17-5+. The lowest BCUT2D eigenvalue weighted by atomic mass is 9.56. The summed E-state index contributed by atoms with van der Waals surface area (Å²) in [5.41, 5.74) is 0. The van der Waals surface area contributed by atoms with Gasteiger partial charge in [0.05, 0.1) is 5.03 Å². The summed E-state index contributed by atoms with van der Waals surface area (Å²) in [6.45, 7) is 1.56. The Morgan fingerprint density at radius 2 is 1.77 bits per heavy atom. The fourth-order valence-corrected chi connectivity index (χ4v) is 6.72. The van der Waals surface area contributed by atoms with Gasteiger partial charge in [0.25, 0.3) is 0 Å². The van der Waals surface area contributed by atoms with Crippen LogP contribution in [0, 0.1) is 17.8 Å². The summed E-state index contributed by atoms with van der Waals surface area (Å²) in [7, 11) is 0. The first-order chi connectivity index (χ1) is 10.6. The fourth-order valence-electron chi connectivity index (χ4n) is 4.95. The average molecular weight is 319 g/mol. The maximum absolute atomic E-state index is 11.5. The minimum absolute atomic E-state index is 0.0211. The van der Waals surface area contributed by atoms with E-state index in [9.17, 15) is 9.59 Å². The molecular formula is C18H25NO2S. The predicted octanol–water partition coefficient (Wildman–Crippen LogP) is 3.81. The lowest BCUT2D eigenvalue weighted by Crippen LogP contribution is -2.48. The molecule has 0 aromatic heterocycles. The molecule has 4 bridgehead atoms. The molecule has 0 radical (unpaired) electrons. The third kappa shape index (κ3) is 3.65. The second kappa shape index (κ2) is 6.61. The van der Waals surface area contributed by atoms with Crippen LogP contribution in [0.2, 0.25) is 0 Å². The summed E-state index contributed by atoms with van der Waals surface area (Å²) in [5.74, 6) is 2.70. The van der Waals surface area contributed by atoms with Crippen LogP contribution in [-0.4, -0.2) is 16.9 Å². The molecule has 4 rings (SSSR count). The van der Waals surface area contributed by atoms with Gasteiger partial charge in [-0.05, 0) is 62.4 Å². The van der Waals surface area contributed by atoms with E-state index in [-0.39, 0.29) is 5.91 Å². The van der Waals surface area contributed by atoms with Crippen molar-refractivity contribution in [2.24, 2.45) is 17.8 Å². The molecule has 0 aliphatic heterocycles. The van der Waals surface area contributed by atoms with E-state index in [1.54, 1.807) is 6.92 Å². The van der Waals surface area contributed by atoms with Crippen molar-refractivity contribution in [1.29, 1.82) is 0 Å². The Morgan fingerprint density at radius 3 is 2.27 bits per heavy atom. The SMILES string of the molecule is CC(=O)N/C(=C\C=C\CC=O)SC12CC3CC(CC(C3)C1)C2. The Balaban J connectivity index is 1.72. The first-order valence-electron chi connectivity index (χ1n) is 8.35. The van der Waals surface area contributed by atoms with Gasteiger partial charge in [0.1, 0.15) is 6.29 Å². The lowest BCUT2D eigenvalue weighted by Gasteiger charge is -2.56. The van der Waals surface area contributed by atoms with Gasteiger partial charge in [-0.3, -0.25) is 4.79 Å². The largest absolute Gasteiger partial charge is 0.321 e. The van der Waals surface area contributed by atoms with Gasteiger partial charge in [0.2, 0.25) is 5.91 Å². The van der Waals surface area contributed by atoms with Crippen LogP contribution in [0.3, 0.4) is 0 Å². The summed E-state index contributed by atoms with van der Waals surface area (Å²) in [4.78, 5) is 21.9. The normalized spacial score (nSPS) is 36.8. The van der Waals surface area contributed by atoms with Gasteiger partial charge >= 0.3 is 0 Å². The highest BCUT2D eigenvalue weighted by atomic mass is 32.2. The number of hydrogen-bond donors (Lipinski definition) is 1. The number of amides is 1. The van der Waals surface area contributed by atoms with Gasteiger partial charge in [0, 0.05) is 18.1 Å². The summed E-state index contributed by atoms with van der Waals surface area (Å²) in [5, 5.41) is 3.92. The molecule has 4 fully saturated rings. The van der Waals surface area contributed by atoms with E-state index in [0.29, 0.717) is 11.2 Å². The molecule has 0 atom stereocenters. The first kappa shape index (κ1) is 15.9. The number of thioether (sulfide) groups is 1. The zero-order valence-electron chi connectivity index (χ0n) is 13.2. The van der Waals surface area contributed by atoms with Crippen molar-refractivity contribution in [2.75, 3.05) is 0 Å². The zero-order valence-corrected chi connectivity index (χ0v) is 14.0. The van der Waals surface area contributed by atoms with Crippen molar-refractivity contribution in [1.82, 2.24) is 5.32 Å². The van der Waals surface area contributed by atoms with Gasteiger partial charge in [-0.25, -0.2) is 0 Å². The lowest BCUT2D eigenvalue weighted by molar-refractivity contribution is -0.118. The third-order valence-corrected chi connectivity index (χ3v) is 6.61. The molecule has 4 aliphatic rings. The first-order valence-corrected chi connectivity index (χ1v) is 9.17. The maximum Gasteiger partial charge on any atom is 0.221 e. The number of allylic oxidation sites excluding steroid dienone is 3. The summed E-state index contributed by atoms with van der Waals surface area (Å²) < 4.78 is 0.335. The van der Waals surface area contributed by atoms with E-state index in [1.165, 1.54) is 38.5 Å². The molecule has 22 heavy (non-hydrogen) atoms. The molecule has 0 aromatic rings. The molecule has 4 saturated carbocycles. The quantitative estimate of drug-likeness (QED) is 0.598. The average Bonchev–Trinajstić information content (AvgIpc) is 2.40. The second-order valence-corrected chi connectivity index (χ2v) is 8.76. The van der Waals surface area contributed by atoms with Gasteiger partial charge in [0.15, 0.2) is 0 Å². The molecule has 1 N–H and O–H groups in total. The van der Waals surface area contributed by atoms with Crippen LogP contribution in [0.5, 0.6) is 0 Å². The minimum atomic E-state index is -0.0211. The minimum Gasteiger partial charge on any atom is -0.321 e. The number of aldehydes is 1. The summed E-state index contributed by atoms with van der Waals surface area (Å²) in [6.07, 6.45) is 15.2. The van der Waals surface area contributed by atoms with Gasteiger partial charge in [-0.15, -0.1) is 11.8 Å². The number of carbonyl (C=O) groups is 2. The zero-order chi connectivity index (χ0) is 15.6. The van der Waals surface area contributed by atoms with Crippen LogP contribution < -0.4 is 5.32 Å². The van der Waals surface area contributed by atoms with Crippen molar-refractivity contribution < 1.29 is 9.59 Å². The molecule has 4 heteroatoms. The molecule has 0 aromatic carbocycles. The predicted molar refractivity (Wildman–Crippen MR) is 90.2 cm³/mol. The van der Waals surface area contributed by atoms with Crippen LogP contribution in [0.4, 0.5) is 0 Å². The van der Waals surface area contributed by atoms with Crippen molar-refractivity contribution in [3.05, 3.63) is 23.3 Å². The molecule has 1 amide bonds. The summed E-state index contributed by atoms with van der Waals surface area (Å²) >= 11 is 1.88. The molecule has 4 aliphatic carbocycles. The van der Waals surface area contributed by atoms with E-state index in [2.05, 4.69) is 5.32 Å². The number of rotatable bonds is 6. The third-order valence-electron chi connectivity index (χ3n) is 5.22. The Morgan fingerprint density at radius 1 is 1.18 bits per heavy atom. The molecule has 3 nitrogen and oxygen atoms in total. The van der Waals surface area contributed by atoms with Gasteiger partial charge in [-0.1, -0.05) is 12.2 Å². The number of carbonyl (C=O) groups excluding carboxylic acids is 2. The summed E-state index contributed by atoms with van der Waals surface area (Å²) in [6, 6.07) is 0. The maximum atomic E-state index is 11.5. The Labute approximate surface area is 137 Å². The van der Waals surface area contributed by atoms with Crippen molar-refractivity contribution in [2.45, 2.75) is 56.6 Å². The number of nitrogens with one attached hydrogen (secondary N) is 1. The highest BCUT2D eigenvalue weighted by Gasteiger charge is 2.51. The van der Waals surface area contributed by atoms with E-state index < -0.39 is 0 Å². The Bertz CT molecular complexity index is 474. The molecule has 0 spiro atoms. The topological polar surface area (TPSA) is 46.2 Å². The van der Waals surface area contributed by atoms with E-state index in [4.69, 9.17) is 0 Å². The molecule has 0 saturated heterocycles. The van der Waals surface area contributed by atoms with Gasteiger partial charge < -0.3 is 10.1 Å². The van der Waals surface area contributed by atoms with E-state index >= 15 is 0 Å². The van der Waals surface area contributed by atoms with Crippen molar-refractivity contribution >= 4 is 24.0 Å². The van der Waals surface area contributed by atoms with E-state index in [1.807, 2.05) is 30.0 Å². The fraction of sp³-hybridized carbons (Fsp3) is 0.667. The molecule has 120 valence electrons.